The summed E-state index contributed by atoms with van der Waals surface area (Å²) in [7, 11) is 0. The summed E-state index contributed by atoms with van der Waals surface area (Å²) < 4.78 is 93.4. The molecule has 0 fully saturated rings. The quantitative estimate of drug-likeness (QED) is 0.161. The van der Waals surface area contributed by atoms with Gasteiger partial charge in [0.25, 0.3) is 11.3 Å². The summed E-state index contributed by atoms with van der Waals surface area (Å²) in [5, 5.41) is 0. The van der Waals surface area contributed by atoms with Crippen molar-refractivity contribution in [3.05, 3.63) is 24.3 Å². The van der Waals surface area contributed by atoms with Gasteiger partial charge in [-0.3, -0.25) is 19.1 Å². The first-order valence-corrected chi connectivity index (χ1v) is 8.41. The number of esters is 1. The maximum absolute atomic E-state index is 13.7. The lowest BCUT2D eigenvalue weighted by Crippen LogP contribution is -2.55. The number of Topliss-reactive ketones (excluding diaryl/α,β-unsaturated/α-hetero) is 1. The molecule has 160 valence electrons. The van der Waals surface area contributed by atoms with Gasteiger partial charge in [0.2, 0.25) is 5.79 Å². The number of hydrogen-bond acceptors (Lipinski definition) is 5. The van der Waals surface area contributed by atoms with Crippen molar-refractivity contribution in [1.82, 2.24) is 0 Å². The molecule has 5 nitrogen and oxygen atoms in total. The van der Waals surface area contributed by atoms with Crippen LogP contribution in [0, 0.1) is 5.92 Å². The molecule has 0 radical (unpaired) electrons. The van der Waals surface area contributed by atoms with Crippen LogP contribution in [0.15, 0.2) is 24.3 Å². The van der Waals surface area contributed by atoms with Crippen LogP contribution < -0.4 is 0 Å². The van der Waals surface area contributed by atoms with Crippen LogP contribution in [0.3, 0.4) is 0 Å². The summed E-state index contributed by atoms with van der Waals surface area (Å²) >= 11 is 9.30. The summed E-state index contributed by atoms with van der Waals surface area (Å²) in [5.74, 6) is -7.97. The predicted octanol–water partition coefficient (Wildman–Crippen LogP) is 4.23. The van der Waals surface area contributed by atoms with Gasteiger partial charge in [0.05, 0.1) is 12.5 Å². The Morgan fingerprint density at radius 3 is 2.00 bits per heavy atom. The molecule has 1 rings (SSSR count). The number of alkyl halides is 8. The molecule has 0 bridgehead atoms. The maximum Gasteiger partial charge on any atom is 0.403 e. The molecule has 0 saturated carbocycles. The number of hydrogen-bond donors (Lipinski definition) is 0. The predicted molar refractivity (Wildman–Crippen MR) is 84.3 cm³/mol. The van der Waals surface area contributed by atoms with Crippen molar-refractivity contribution in [2.24, 2.45) is 5.92 Å². The molecule has 0 N–H and O–H groups in total. The van der Waals surface area contributed by atoms with E-state index in [-0.39, 0.29) is 6.61 Å². The molecule has 3 atom stereocenters. The first-order valence-electron chi connectivity index (χ1n) is 7.54. The number of carbonyl (C=O) groups excluding carboxylic acids is 2. The smallest absolute Gasteiger partial charge is 0.403 e. The van der Waals surface area contributed by atoms with Gasteiger partial charge in [0.15, 0.2) is 5.78 Å². The fourth-order valence-electron chi connectivity index (χ4n) is 2.13. The molecule has 0 aromatic heterocycles. The van der Waals surface area contributed by atoms with Crippen molar-refractivity contribution in [3.8, 4) is 0 Å². The van der Waals surface area contributed by atoms with Gasteiger partial charge in [-0.1, -0.05) is 41.4 Å². The summed E-state index contributed by atoms with van der Waals surface area (Å²) in [6, 6.07) is 0. The number of ketones is 1. The summed E-state index contributed by atoms with van der Waals surface area (Å²) in [6.07, 6.45) is -7.92. The first-order chi connectivity index (χ1) is 12.8. The summed E-state index contributed by atoms with van der Waals surface area (Å²) in [6.45, 7) is 1.28. The third-order valence-corrected chi connectivity index (χ3v) is 3.75. The molecule has 0 saturated heterocycles. The second-order valence-corrected chi connectivity index (χ2v) is 6.09. The third kappa shape index (κ3) is 6.10. The van der Waals surface area contributed by atoms with Gasteiger partial charge in [-0.2, -0.15) is 17.6 Å². The topological polar surface area (TPSA) is 61.8 Å². The van der Waals surface area contributed by atoms with Crippen LogP contribution in [0.1, 0.15) is 13.3 Å². The van der Waals surface area contributed by atoms with Crippen molar-refractivity contribution in [1.29, 1.82) is 0 Å². The van der Waals surface area contributed by atoms with Crippen LogP contribution in [0.25, 0.3) is 0 Å². The molecule has 0 aromatic carbocycles. The highest BCUT2D eigenvalue weighted by atomic mass is 35.5. The van der Waals surface area contributed by atoms with Gasteiger partial charge in [-0.05, 0) is 13.0 Å². The SMILES string of the molecule is CCOC(=O)CC(=O)C1C=CC=CC1(OC(F)(F)C(F)Cl)OC(F)(F)C(F)Cl. The van der Waals surface area contributed by atoms with Crippen molar-refractivity contribution in [2.75, 3.05) is 6.61 Å². The standard InChI is InChI=1S/C15H14Cl2F6O5/c1-2-26-10(25)7-9(24)8-5-3-4-6-13(8,27-14(20,21)11(16)18)28-15(22,23)12(17)19/h3-6,8,11-12H,2,7H2,1H3. The van der Waals surface area contributed by atoms with E-state index in [1.54, 1.807) is 0 Å². The van der Waals surface area contributed by atoms with E-state index in [0.29, 0.717) is 6.08 Å². The summed E-state index contributed by atoms with van der Waals surface area (Å²) in [5.41, 5.74) is -7.09. The van der Waals surface area contributed by atoms with E-state index in [2.05, 4.69) is 37.4 Å². The Balaban J connectivity index is 3.35. The number of rotatable bonds is 10. The zero-order valence-electron chi connectivity index (χ0n) is 14.0. The Kier molecular flexibility index (Phi) is 8.36. The van der Waals surface area contributed by atoms with Crippen LogP contribution in [0.4, 0.5) is 26.3 Å². The molecule has 3 unspecified atom stereocenters. The molecular formula is C15H14Cl2F6O5. The highest BCUT2D eigenvalue weighted by Crippen LogP contribution is 2.44. The zero-order chi connectivity index (χ0) is 21.8. The van der Waals surface area contributed by atoms with E-state index < -0.39 is 53.4 Å². The normalized spacial score (nSPS) is 24.7. The van der Waals surface area contributed by atoms with Gasteiger partial charge in [-0.15, -0.1) is 0 Å². The Labute approximate surface area is 165 Å². The van der Waals surface area contributed by atoms with Crippen molar-refractivity contribution >= 4 is 35.0 Å². The van der Waals surface area contributed by atoms with Crippen LogP contribution in [0.5, 0.6) is 0 Å². The van der Waals surface area contributed by atoms with Gasteiger partial charge < -0.3 is 4.74 Å². The van der Waals surface area contributed by atoms with E-state index in [9.17, 15) is 35.9 Å². The van der Waals surface area contributed by atoms with Gasteiger partial charge >= 0.3 is 18.2 Å². The molecule has 0 aliphatic heterocycles. The van der Waals surface area contributed by atoms with Crippen molar-refractivity contribution in [2.45, 2.75) is 42.6 Å². The molecular weight excluding hydrogens is 445 g/mol. The number of allylic oxidation sites excluding steroid dienone is 2. The Morgan fingerprint density at radius 2 is 1.57 bits per heavy atom. The van der Waals surface area contributed by atoms with Gasteiger partial charge in [0, 0.05) is 0 Å². The lowest BCUT2D eigenvalue weighted by Gasteiger charge is -2.41. The van der Waals surface area contributed by atoms with Crippen molar-refractivity contribution < 1.29 is 50.1 Å². The number of carbonyl (C=O) groups is 2. The van der Waals surface area contributed by atoms with E-state index in [1.807, 2.05) is 0 Å². The van der Waals surface area contributed by atoms with Gasteiger partial charge in [0.1, 0.15) is 6.42 Å². The van der Waals surface area contributed by atoms with Crippen molar-refractivity contribution in [3.63, 3.8) is 0 Å². The largest absolute Gasteiger partial charge is 0.466 e. The fourth-order valence-corrected chi connectivity index (χ4v) is 2.22. The molecule has 0 aromatic rings. The van der Waals surface area contributed by atoms with E-state index >= 15 is 0 Å². The van der Waals surface area contributed by atoms with E-state index in [1.165, 1.54) is 6.92 Å². The molecule has 0 heterocycles. The molecule has 0 spiro atoms. The second kappa shape index (κ2) is 9.47. The lowest BCUT2D eigenvalue weighted by molar-refractivity contribution is -0.424. The zero-order valence-corrected chi connectivity index (χ0v) is 15.5. The molecule has 1 aliphatic carbocycles. The average molecular weight is 459 g/mol. The minimum Gasteiger partial charge on any atom is -0.466 e. The van der Waals surface area contributed by atoms with E-state index in [4.69, 9.17) is 0 Å². The van der Waals surface area contributed by atoms with Crippen LogP contribution >= 0.6 is 23.2 Å². The number of ether oxygens (including phenoxy) is 3. The lowest BCUT2D eigenvalue weighted by atomic mass is 9.88. The Hall–Kier alpha value is -1.30. The maximum atomic E-state index is 13.7. The van der Waals surface area contributed by atoms with E-state index in [0.717, 1.165) is 18.2 Å². The average Bonchev–Trinajstić information content (AvgIpc) is 2.53. The summed E-state index contributed by atoms with van der Waals surface area (Å²) in [4.78, 5) is 23.8. The third-order valence-electron chi connectivity index (χ3n) is 3.25. The minimum absolute atomic E-state index is 0.133. The van der Waals surface area contributed by atoms with Crippen LogP contribution in [-0.2, 0) is 23.8 Å². The Morgan fingerprint density at radius 1 is 1.07 bits per heavy atom. The van der Waals surface area contributed by atoms with Crippen LogP contribution in [-0.4, -0.2) is 47.6 Å². The number of halogens is 8. The minimum atomic E-state index is -4.95. The highest BCUT2D eigenvalue weighted by molar-refractivity contribution is 6.20. The highest BCUT2D eigenvalue weighted by Gasteiger charge is 2.59. The fraction of sp³-hybridized carbons (Fsp3) is 0.600. The molecule has 13 heteroatoms. The molecule has 1 aliphatic rings. The monoisotopic (exact) mass is 458 g/mol. The molecule has 28 heavy (non-hydrogen) atoms. The Bertz CT molecular complexity index is 616. The first kappa shape index (κ1) is 24.7. The molecule has 0 amide bonds. The second-order valence-electron chi connectivity index (χ2n) is 5.32. The van der Waals surface area contributed by atoms with Crippen LogP contribution in [0.2, 0.25) is 0 Å². The van der Waals surface area contributed by atoms with Gasteiger partial charge in [-0.25, -0.2) is 8.78 Å².